The molecule has 0 bridgehead atoms. The van der Waals surface area contributed by atoms with E-state index in [1.807, 2.05) is 91.8 Å². The number of para-hydroxylation sites is 1. The van der Waals surface area contributed by atoms with E-state index in [1.54, 1.807) is 47.5 Å². The topological polar surface area (TPSA) is 103 Å². The highest BCUT2D eigenvalue weighted by Gasteiger charge is 2.42. The molecule has 1 saturated heterocycles. The number of hydrogen-bond donors (Lipinski definition) is 1. The van der Waals surface area contributed by atoms with E-state index in [-0.39, 0.29) is 42.9 Å². The van der Waals surface area contributed by atoms with E-state index in [4.69, 9.17) is 0 Å². The van der Waals surface area contributed by atoms with E-state index in [1.165, 1.54) is 10.4 Å². The predicted molar refractivity (Wildman–Crippen MR) is 184 cm³/mol. The summed E-state index contributed by atoms with van der Waals surface area (Å²) in [5.74, 6) is -0.896. The summed E-state index contributed by atoms with van der Waals surface area (Å²) in [5, 5.41) is 3.73. The number of hydrogen-bond acceptors (Lipinski definition) is 6. The van der Waals surface area contributed by atoms with E-state index in [2.05, 4.69) is 10.3 Å². The molecule has 0 saturated carbocycles. The minimum absolute atomic E-state index is 0.0268. The molecule has 1 aromatic heterocycles. The molecule has 1 fully saturated rings. The molecule has 2 amide bonds. The van der Waals surface area contributed by atoms with Crippen molar-refractivity contribution in [1.29, 1.82) is 0 Å². The van der Waals surface area contributed by atoms with Crippen LogP contribution in [-0.4, -0.2) is 80.7 Å². The van der Waals surface area contributed by atoms with E-state index in [0.717, 1.165) is 16.8 Å². The second kappa shape index (κ2) is 13.7. The smallest absolute Gasteiger partial charge is 0.253 e. The highest BCUT2D eigenvalue weighted by atomic mass is 32.2. The van der Waals surface area contributed by atoms with Gasteiger partial charge in [0.15, 0.2) is 0 Å². The summed E-state index contributed by atoms with van der Waals surface area (Å²) in [5.41, 5.74) is 3.79. The Balaban J connectivity index is 1.32. The van der Waals surface area contributed by atoms with Crippen molar-refractivity contribution in [2.45, 2.75) is 16.9 Å². The molecule has 0 aliphatic carbocycles. The second-order valence-corrected chi connectivity index (χ2v) is 13.6. The van der Waals surface area contributed by atoms with Gasteiger partial charge in [-0.15, -0.1) is 0 Å². The lowest BCUT2D eigenvalue weighted by Gasteiger charge is -2.40. The summed E-state index contributed by atoms with van der Waals surface area (Å²) < 4.78 is 29.9. The van der Waals surface area contributed by atoms with Crippen LogP contribution in [0.25, 0.3) is 10.9 Å². The zero-order valence-electron chi connectivity index (χ0n) is 26.4. The van der Waals surface area contributed by atoms with Crippen molar-refractivity contribution in [3.8, 4) is 0 Å². The quantitative estimate of drug-likeness (QED) is 0.248. The Morgan fingerprint density at radius 1 is 0.830 bits per heavy atom. The predicted octanol–water partition coefficient (Wildman–Crippen LogP) is 4.76. The summed E-state index contributed by atoms with van der Waals surface area (Å²) in [6.07, 6.45) is 1.55. The summed E-state index contributed by atoms with van der Waals surface area (Å²) in [7, 11) is -0.344. The molecule has 4 aromatic carbocycles. The summed E-state index contributed by atoms with van der Waals surface area (Å²) in [6, 6.07) is 34.3. The molecule has 10 heteroatoms. The Morgan fingerprint density at radius 2 is 1.47 bits per heavy atom. The Bertz CT molecular complexity index is 1920. The number of carbonyl (C=O) groups is 2. The number of piperazine rings is 1. The van der Waals surface area contributed by atoms with Crippen LogP contribution >= 0.6 is 0 Å². The molecule has 6 rings (SSSR count). The maximum Gasteiger partial charge on any atom is 0.253 e. The number of rotatable bonds is 9. The van der Waals surface area contributed by atoms with Crippen molar-refractivity contribution in [3.63, 3.8) is 0 Å². The van der Waals surface area contributed by atoms with E-state index in [0.29, 0.717) is 16.5 Å². The van der Waals surface area contributed by atoms with Gasteiger partial charge in [0.1, 0.15) is 10.9 Å². The maximum atomic E-state index is 14.3. The third-order valence-corrected chi connectivity index (χ3v) is 10.6. The van der Waals surface area contributed by atoms with Gasteiger partial charge in [-0.25, -0.2) is 8.42 Å². The van der Waals surface area contributed by atoms with E-state index in [9.17, 15) is 18.0 Å². The highest BCUT2D eigenvalue weighted by molar-refractivity contribution is 7.89. The lowest BCUT2D eigenvalue weighted by molar-refractivity contribution is -0.126. The first-order valence-electron chi connectivity index (χ1n) is 15.5. The zero-order chi connectivity index (χ0) is 33.0. The molecular formula is C37H37N5O4S. The lowest BCUT2D eigenvalue weighted by Crippen LogP contribution is -2.61. The van der Waals surface area contributed by atoms with E-state index >= 15 is 0 Å². The van der Waals surface area contributed by atoms with Gasteiger partial charge in [0, 0.05) is 69.0 Å². The normalized spacial score (nSPS) is 15.5. The number of anilines is 1. The zero-order valence-corrected chi connectivity index (χ0v) is 27.2. The van der Waals surface area contributed by atoms with Crippen molar-refractivity contribution >= 4 is 38.4 Å². The minimum Gasteiger partial charge on any atom is -0.378 e. The number of amides is 2. The third-order valence-electron chi connectivity index (χ3n) is 8.62. The number of aromatic nitrogens is 1. The first-order valence-corrected chi connectivity index (χ1v) is 17.0. The summed E-state index contributed by atoms with van der Waals surface area (Å²) in [4.78, 5) is 35.8. The summed E-state index contributed by atoms with van der Waals surface area (Å²) >= 11 is 0. The van der Waals surface area contributed by atoms with Gasteiger partial charge in [0.05, 0.1) is 5.52 Å². The molecule has 5 aromatic rings. The minimum atomic E-state index is -4.19. The van der Waals surface area contributed by atoms with Gasteiger partial charge in [-0.05, 0) is 47.5 Å². The van der Waals surface area contributed by atoms with Crippen molar-refractivity contribution < 1.29 is 18.0 Å². The van der Waals surface area contributed by atoms with Crippen molar-refractivity contribution in [2.24, 2.45) is 0 Å². The van der Waals surface area contributed by atoms with Crippen LogP contribution in [0.1, 0.15) is 27.4 Å². The van der Waals surface area contributed by atoms with Crippen LogP contribution in [0.5, 0.6) is 0 Å². The maximum absolute atomic E-state index is 14.3. The van der Waals surface area contributed by atoms with Gasteiger partial charge in [0.25, 0.3) is 5.91 Å². The van der Waals surface area contributed by atoms with E-state index < -0.39 is 22.0 Å². The van der Waals surface area contributed by atoms with Gasteiger partial charge in [0.2, 0.25) is 15.9 Å². The number of carbonyl (C=O) groups excluding carboxylic acids is 2. The third kappa shape index (κ3) is 6.74. The average Bonchev–Trinajstić information content (AvgIpc) is 3.11. The highest BCUT2D eigenvalue weighted by Crippen LogP contribution is 2.29. The Hall–Kier alpha value is -5.06. The van der Waals surface area contributed by atoms with Crippen molar-refractivity contribution in [3.05, 3.63) is 138 Å². The molecule has 1 atom stereocenters. The first-order chi connectivity index (χ1) is 22.7. The van der Waals surface area contributed by atoms with Gasteiger partial charge in [-0.1, -0.05) is 78.9 Å². The van der Waals surface area contributed by atoms with Crippen LogP contribution in [-0.2, 0) is 14.8 Å². The molecule has 1 N–H and O–H groups in total. The van der Waals surface area contributed by atoms with Crippen LogP contribution in [0.15, 0.2) is 126 Å². The van der Waals surface area contributed by atoms with Crippen LogP contribution in [0, 0.1) is 0 Å². The number of nitrogens with one attached hydrogen (secondary N) is 1. The van der Waals surface area contributed by atoms with Crippen molar-refractivity contribution in [1.82, 2.24) is 19.5 Å². The van der Waals surface area contributed by atoms with Crippen molar-refractivity contribution in [2.75, 3.05) is 45.2 Å². The van der Waals surface area contributed by atoms with Gasteiger partial charge in [-0.2, -0.15) is 4.31 Å². The first kappa shape index (κ1) is 31.9. The Labute approximate surface area is 275 Å². The molecular weight excluding hydrogens is 611 g/mol. The fourth-order valence-corrected chi connectivity index (χ4v) is 7.80. The Morgan fingerprint density at radius 3 is 2.11 bits per heavy atom. The lowest BCUT2D eigenvalue weighted by atomic mass is 9.91. The number of nitrogens with zero attached hydrogens (tertiary/aromatic N) is 4. The van der Waals surface area contributed by atoms with Gasteiger partial charge < -0.3 is 15.1 Å². The SMILES string of the molecule is CN(C)c1ccc(C(=O)N2CCN(S(=O)(=O)c3cccc4cccnc34)C(C(=O)NCC(c3ccccc3)c3ccccc3)C2)cc1. The molecule has 9 nitrogen and oxygen atoms in total. The summed E-state index contributed by atoms with van der Waals surface area (Å²) in [6.45, 7) is 0.226. The van der Waals surface area contributed by atoms with Crippen LogP contribution in [0.4, 0.5) is 5.69 Å². The molecule has 1 unspecified atom stereocenters. The molecule has 47 heavy (non-hydrogen) atoms. The molecule has 0 spiro atoms. The average molecular weight is 648 g/mol. The van der Waals surface area contributed by atoms with Crippen LogP contribution < -0.4 is 10.2 Å². The Kier molecular flexibility index (Phi) is 9.33. The van der Waals surface area contributed by atoms with Gasteiger partial charge in [-0.3, -0.25) is 14.6 Å². The number of fused-ring (bicyclic) bond motifs is 1. The number of pyridine rings is 1. The molecule has 1 aliphatic rings. The monoisotopic (exact) mass is 647 g/mol. The fraction of sp³-hybridized carbons (Fsp3) is 0.216. The molecule has 0 radical (unpaired) electrons. The number of sulfonamides is 1. The number of benzene rings is 4. The largest absolute Gasteiger partial charge is 0.378 e. The standard InChI is InChI=1S/C37H37N5O4S/c1-40(2)31-20-18-30(19-21-31)37(44)41-23-24-42(47(45,46)34-17-9-15-29-16-10-22-38-35(29)34)33(26-41)36(43)39-25-32(27-11-5-3-6-12-27)28-13-7-4-8-14-28/h3-22,32-33H,23-26H2,1-2H3,(H,39,43). The van der Waals surface area contributed by atoms with Crippen LogP contribution in [0.2, 0.25) is 0 Å². The fourth-order valence-electron chi connectivity index (χ4n) is 6.07. The molecule has 2 heterocycles. The van der Waals surface area contributed by atoms with Gasteiger partial charge >= 0.3 is 0 Å². The molecule has 240 valence electrons. The second-order valence-electron chi connectivity index (χ2n) is 11.8. The van der Waals surface area contributed by atoms with Crippen LogP contribution in [0.3, 0.4) is 0 Å². The molecule has 1 aliphatic heterocycles.